The highest BCUT2D eigenvalue weighted by atomic mass is 16.4. The number of piperidine rings is 1. The van der Waals surface area contributed by atoms with Crippen molar-refractivity contribution in [2.75, 3.05) is 13.1 Å². The number of likely N-dealkylation sites (tertiary alicyclic amines) is 1. The fourth-order valence-corrected chi connectivity index (χ4v) is 3.68. The predicted octanol–water partition coefficient (Wildman–Crippen LogP) is 2.82. The van der Waals surface area contributed by atoms with Gasteiger partial charge in [-0.15, -0.1) is 0 Å². The highest BCUT2D eigenvalue weighted by Crippen LogP contribution is 2.50. The van der Waals surface area contributed by atoms with E-state index in [0.717, 1.165) is 24.8 Å². The van der Waals surface area contributed by atoms with Crippen LogP contribution >= 0.6 is 0 Å². The van der Waals surface area contributed by atoms with Gasteiger partial charge in [0.05, 0.1) is 5.41 Å². The molecule has 2 aliphatic rings. The van der Waals surface area contributed by atoms with Crippen LogP contribution in [0.5, 0.6) is 0 Å². The number of amides is 1. The van der Waals surface area contributed by atoms with Gasteiger partial charge in [0.2, 0.25) is 5.91 Å². The number of carboxylic acids is 1. The van der Waals surface area contributed by atoms with E-state index in [9.17, 15) is 14.7 Å². The first-order valence-electron chi connectivity index (χ1n) is 8.12. The minimum atomic E-state index is -0.846. The van der Waals surface area contributed by atoms with Gasteiger partial charge in [-0.05, 0) is 37.7 Å². The molecule has 1 saturated heterocycles. The largest absolute Gasteiger partial charge is 0.481 e. The van der Waals surface area contributed by atoms with Crippen LogP contribution in [0.1, 0.15) is 44.6 Å². The van der Waals surface area contributed by atoms with Gasteiger partial charge in [0, 0.05) is 18.5 Å². The van der Waals surface area contributed by atoms with Crippen LogP contribution in [-0.2, 0) is 15.0 Å². The summed E-state index contributed by atoms with van der Waals surface area (Å²) < 4.78 is 0. The zero-order chi connectivity index (χ0) is 15.8. The monoisotopic (exact) mass is 301 g/mol. The molecule has 0 bridgehead atoms. The fourth-order valence-electron chi connectivity index (χ4n) is 3.68. The molecular weight excluding hydrogens is 278 g/mol. The third kappa shape index (κ3) is 2.31. The molecular formula is C18H23NO3. The van der Waals surface area contributed by atoms with Gasteiger partial charge in [-0.25, -0.2) is 0 Å². The predicted molar refractivity (Wildman–Crippen MR) is 83.5 cm³/mol. The summed E-state index contributed by atoms with van der Waals surface area (Å²) in [4.78, 5) is 26.4. The van der Waals surface area contributed by atoms with E-state index in [2.05, 4.69) is 6.92 Å². The molecule has 0 radical (unpaired) electrons. The fraction of sp³-hybridized carbons (Fsp3) is 0.556. The quantitative estimate of drug-likeness (QED) is 0.930. The maximum atomic E-state index is 12.6. The van der Waals surface area contributed by atoms with Crippen LogP contribution < -0.4 is 0 Å². The minimum absolute atomic E-state index is 0.129. The number of carbonyl (C=O) groups is 2. The highest BCUT2D eigenvalue weighted by molar-refractivity contribution is 5.86. The van der Waals surface area contributed by atoms with E-state index in [1.54, 1.807) is 0 Å². The van der Waals surface area contributed by atoms with Crippen molar-refractivity contribution in [2.24, 2.45) is 5.41 Å². The second-order valence-electron chi connectivity index (χ2n) is 6.68. The Bertz CT molecular complexity index is 569. The van der Waals surface area contributed by atoms with E-state index >= 15 is 0 Å². The van der Waals surface area contributed by atoms with Gasteiger partial charge in [-0.1, -0.05) is 37.3 Å². The summed E-state index contributed by atoms with van der Waals surface area (Å²) in [7, 11) is 0. The number of rotatable bonds is 4. The maximum Gasteiger partial charge on any atom is 0.314 e. The van der Waals surface area contributed by atoms with Crippen LogP contribution in [0.25, 0.3) is 0 Å². The van der Waals surface area contributed by atoms with Crippen molar-refractivity contribution in [1.29, 1.82) is 0 Å². The lowest BCUT2D eigenvalue weighted by Gasteiger charge is -2.40. The van der Waals surface area contributed by atoms with E-state index in [0.29, 0.717) is 25.9 Å². The Morgan fingerprint density at radius 1 is 1.09 bits per heavy atom. The number of aliphatic carboxylic acids is 1. The molecule has 1 heterocycles. The first kappa shape index (κ1) is 15.1. The molecule has 0 unspecified atom stereocenters. The molecule has 1 saturated carbocycles. The van der Waals surface area contributed by atoms with Crippen LogP contribution in [0, 0.1) is 5.41 Å². The third-order valence-corrected chi connectivity index (χ3v) is 5.62. The molecule has 4 nitrogen and oxygen atoms in total. The molecule has 1 aliphatic heterocycles. The molecule has 1 aromatic carbocycles. The van der Waals surface area contributed by atoms with E-state index in [-0.39, 0.29) is 11.3 Å². The van der Waals surface area contributed by atoms with Crippen LogP contribution in [0.3, 0.4) is 0 Å². The Hall–Kier alpha value is -1.84. The normalized spacial score (nSPS) is 22.1. The van der Waals surface area contributed by atoms with Crippen molar-refractivity contribution in [3.05, 3.63) is 35.9 Å². The lowest BCUT2D eigenvalue weighted by atomic mass is 9.72. The standard InChI is InChI=1S/C18H23NO3/c1-2-17(8-9-17)15(20)19-12-10-18(11-13-19,16(21)22)14-6-4-3-5-7-14/h3-7H,2,8-13H2,1H3,(H,21,22). The SMILES string of the molecule is CCC1(C(=O)N2CCC(C(=O)O)(c3ccccc3)CC2)CC1. The topological polar surface area (TPSA) is 57.6 Å². The Morgan fingerprint density at radius 3 is 2.14 bits per heavy atom. The average Bonchev–Trinajstić information content (AvgIpc) is 3.36. The Labute approximate surface area is 131 Å². The van der Waals surface area contributed by atoms with Gasteiger partial charge in [-0.3, -0.25) is 9.59 Å². The minimum Gasteiger partial charge on any atom is -0.481 e. The number of benzene rings is 1. The zero-order valence-corrected chi connectivity index (χ0v) is 13.0. The number of hydrogen-bond donors (Lipinski definition) is 1. The molecule has 4 heteroatoms. The zero-order valence-electron chi connectivity index (χ0n) is 13.0. The lowest BCUT2D eigenvalue weighted by molar-refractivity contribution is -0.149. The summed E-state index contributed by atoms with van der Waals surface area (Å²) in [5.41, 5.74) is -0.122. The first-order chi connectivity index (χ1) is 10.5. The molecule has 1 amide bonds. The van der Waals surface area contributed by atoms with Gasteiger partial charge in [0.1, 0.15) is 0 Å². The molecule has 0 atom stereocenters. The van der Waals surface area contributed by atoms with Crippen molar-refractivity contribution in [1.82, 2.24) is 4.90 Å². The Morgan fingerprint density at radius 2 is 1.68 bits per heavy atom. The van der Waals surface area contributed by atoms with Gasteiger partial charge < -0.3 is 10.0 Å². The summed E-state index contributed by atoms with van der Waals surface area (Å²) in [5, 5.41) is 9.78. The molecule has 22 heavy (non-hydrogen) atoms. The molecule has 1 N–H and O–H groups in total. The molecule has 0 spiro atoms. The number of nitrogens with zero attached hydrogens (tertiary/aromatic N) is 1. The van der Waals surface area contributed by atoms with E-state index in [1.165, 1.54) is 0 Å². The van der Waals surface area contributed by atoms with E-state index in [4.69, 9.17) is 0 Å². The van der Waals surface area contributed by atoms with Crippen LogP contribution in [-0.4, -0.2) is 35.0 Å². The lowest BCUT2D eigenvalue weighted by Crippen LogP contribution is -2.50. The van der Waals surface area contributed by atoms with Crippen molar-refractivity contribution >= 4 is 11.9 Å². The summed E-state index contributed by atoms with van der Waals surface area (Å²) in [6, 6.07) is 9.44. The Balaban J connectivity index is 1.76. The van der Waals surface area contributed by atoms with Crippen molar-refractivity contribution < 1.29 is 14.7 Å². The van der Waals surface area contributed by atoms with Gasteiger partial charge in [0.15, 0.2) is 0 Å². The number of hydrogen-bond acceptors (Lipinski definition) is 2. The third-order valence-electron chi connectivity index (χ3n) is 5.62. The molecule has 1 aromatic rings. The average molecular weight is 301 g/mol. The molecule has 2 fully saturated rings. The summed E-state index contributed by atoms with van der Waals surface area (Å²) in [6.45, 7) is 3.16. The number of carboxylic acid groups (broad SMARTS) is 1. The maximum absolute atomic E-state index is 12.6. The first-order valence-corrected chi connectivity index (χ1v) is 8.12. The Kier molecular flexibility index (Phi) is 3.71. The van der Waals surface area contributed by atoms with Crippen molar-refractivity contribution in [3.63, 3.8) is 0 Å². The second kappa shape index (κ2) is 5.41. The summed E-state index contributed by atoms with van der Waals surface area (Å²) >= 11 is 0. The second-order valence-corrected chi connectivity index (χ2v) is 6.68. The van der Waals surface area contributed by atoms with Crippen molar-refractivity contribution in [2.45, 2.75) is 44.4 Å². The molecule has 1 aliphatic carbocycles. The molecule has 3 rings (SSSR count). The molecule has 0 aromatic heterocycles. The van der Waals surface area contributed by atoms with Crippen molar-refractivity contribution in [3.8, 4) is 0 Å². The van der Waals surface area contributed by atoms with Crippen LogP contribution in [0.15, 0.2) is 30.3 Å². The van der Waals surface area contributed by atoms with Gasteiger partial charge in [0.25, 0.3) is 0 Å². The summed E-state index contributed by atoms with van der Waals surface area (Å²) in [5.74, 6) is -0.538. The van der Waals surface area contributed by atoms with Crippen LogP contribution in [0.4, 0.5) is 0 Å². The molecule has 118 valence electrons. The van der Waals surface area contributed by atoms with Crippen LogP contribution in [0.2, 0.25) is 0 Å². The van der Waals surface area contributed by atoms with Gasteiger partial charge >= 0.3 is 5.97 Å². The van der Waals surface area contributed by atoms with Gasteiger partial charge in [-0.2, -0.15) is 0 Å². The van der Waals surface area contributed by atoms with E-state index in [1.807, 2.05) is 35.2 Å². The smallest absolute Gasteiger partial charge is 0.314 e. The number of carbonyl (C=O) groups excluding carboxylic acids is 1. The van der Waals surface area contributed by atoms with E-state index < -0.39 is 11.4 Å². The summed E-state index contributed by atoms with van der Waals surface area (Å²) in [6.07, 6.45) is 3.87. The highest BCUT2D eigenvalue weighted by Gasteiger charge is 2.52.